The van der Waals surface area contributed by atoms with E-state index in [2.05, 4.69) is 40.3 Å². The number of carbonyl (C=O) groups is 8. The smallest absolute Gasteiger partial charge is 0.470 e. The number of nitrogens with one attached hydrogen (secondary N) is 6. The number of methoxy groups -OCH3 is 2. The Morgan fingerprint density at radius 3 is 1.24 bits per heavy atom. The number of Topliss-reactive ketones (excluding diaryl/α,β-unsaturated/α-hetero) is 4. The molecule has 4 aromatic rings. The topological polar surface area (TPSA) is 420 Å². The summed E-state index contributed by atoms with van der Waals surface area (Å²) in [5.74, 6) is -5.18. The predicted octanol–water partition coefficient (Wildman–Crippen LogP) is 5.28. The maximum atomic E-state index is 13.3. The van der Waals surface area contributed by atoms with Gasteiger partial charge in [-0.3, -0.25) is 47.4 Å². The van der Waals surface area contributed by atoms with Gasteiger partial charge in [-0.05, 0) is 93.7 Å². The molecule has 0 bridgehead atoms. The van der Waals surface area contributed by atoms with Gasteiger partial charge in [-0.25, -0.2) is 9.13 Å². The lowest BCUT2D eigenvalue weighted by molar-refractivity contribution is -0.132. The summed E-state index contributed by atoms with van der Waals surface area (Å²) in [4.78, 5) is 145. The van der Waals surface area contributed by atoms with Crippen LogP contribution >= 0.6 is 15.6 Å². The fourth-order valence-corrected chi connectivity index (χ4v) is 9.80. The maximum absolute atomic E-state index is 13.3. The number of hydrogen-bond donors (Lipinski definition) is 11. The Kier molecular flexibility index (Phi) is 33.2. The summed E-state index contributed by atoms with van der Waals surface area (Å²) in [6, 6.07) is 11.7. The van der Waals surface area contributed by atoms with E-state index in [0.717, 1.165) is 10.8 Å². The Balaban J connectivity index is 0.00000148. The second kappa shape index (κ2) is 35.8. The van der Waals surface area contributed by atoms with E-state index < -0.39 is 88.0 Å². The van der Waals surface area contributed by atoms with Crippen molar-refractivity contribution in [2.24, 2.45) is 35.5 Å². The van der Waals surface area contributed by atoms with Crippen molar-refractivity contribution in [3.63, 3.8) is 0 Å². The maximum Gasteiger partial charge on any atom is 0.470 e. The van der Waals surface area contributed by atoms with Crippen LogP contribution < -0.4 is 30.7 Å². The standard InChI is InChI=1S/2C25H34N3O9P.C2H6O.3CH4.H2O/c2*1-14(2)9-16(11-21(29)20-12-17-18(27-20)5-4-6-23(17)36-3)25(32)28-19(10-15-7-8-26-24(15)31)22(30)13-37-38(33,34)35;1-2-3;;;;/h2*4-6,12,14-16,19,27H,7-11,13H2,1-3H3,(H,26,31)(H,28,32)(H2,33,34,35);3H,2H2,1H3;3*1H4;1H2/t2*15-,16+,19-;;;;;/m00...../s1. The summed E-state index contributed by atoms with van der Waals surface area (Å²) in [5.41, 5.74) is 2.05. The molecular formula is C55H88N6O20P2. The van der Waals surface area contributed by atoms with Gasteiger partial charge in [0.05, 0.1) is 37.7 Å². The first kappa shape index (κ1) is 76.8. The molecule has 2 aliphatic heterocycles. The number of aromatic amines is 2. The minimum Gasteiger partial charge on any atom is -0.496 e. The van der Waals surface area contributed by atoms with Gasteiger partial charge in [-0.1, -0.05) is 62.1 Å². The Morgan fingerprint density at radius 1 is 0.627 bits per heavy atom. The van der Waals surface area contributed by atoms with Gasteiger partial charge in [0.1, 0.15) is 24.7 Å². The third kappa shape index (κ3) is 24.5. The van der Waals surface area contributed by atoms with Gasteiger partial charge in [-0.2, -0.15) is 0 Å². The summed E-state index contributed by atoms with van der Waals surface area (Å²) >= 11 is 0. The number of H-pyrrole nitrogens is 2. The molecule has 2 aromatic heterocycles. The molecule has 0 aliphatic carbocycles. The zero-order valence-corrected chi connectivity index (χ0v) is 47.6. The van der Waals surface area contributed by atoms with Gasteiger partial charge in [0.15, 0.2) is 23.1 Å². The van der Waals surface area contributed by atoms with Gasteiger partial charge in [0, 0.05) is 78.0 Å². The van der Waals surface area contributed by atoms with Crippen LogP contribution in [0, 0.1) is 35.5 Å². The highest BCUT2D eigenvalue weighted by atomic mass is 31.2. The summed E-state index contributed by atoms with van der Waals surface area (Å²) < 4.78 is 41.5. The molecule has 468 valence electrons. The molecular weight excluding hydrogens is 1130 g/mol. The molecule has 4 amide bonds. The molecule has 0 unspecified atom stereocenters. The van der Waals surface area contributed by atoms with Crippen LogP contribution in [0.3, 0.4) is 0 Å². The van der Waals surface area contributed by atoms with Crippen LogP contribution in [-0.4, -0.2) is 146 Å². The number of fused-ring (bicyclic) bond motifs is 2. The van der Waals surface area contributed by atoms with Crippen molar-refractivity contribution >= 4 is 84.2 Å². The van der Waals surface area contributed by atoms with Crippen molar-refractivity contribution < 1.29 is 96.2 Å². The number of ether oxygens (including phenoxy) is 2. The van der Waals surface area contributed by atoms with Gasteiger partial charge in [-0.15, -0.1) is 0 Å². The Morgan fingerprint density at radius 2 is 0.964 bits per heavy atom. The number of aliphatic hydroxyl groups excluding tert-OH is 1. The summed E-state index contributed by atoms with van der Waals surface area (Å²) in [5, 5.41) is 19.6. The van der Waals surface area contributed by atoms with Crippen LogP contribution in [0.4, 0.5) is 0 Å². The lowest BCUT2D eigenvalue weighted by atomic mass is 9.89. The number of phosphoric acid groups is 2. The molecule has 6 atom stereocenters. The highest BCUT2D eigenvalue weighted by Crippen LogP contribution is 2.37. The number of phosphoric ester groups is 2. The van der Waals surface area contributed by atoms with E-state index in [9.17, 15) is 47.5 Å². The lowest BCUT2D eigenvalue weighted by Crippen LogP contribution is -2.47. The molecule has 13 N–H and O–H groups in total. The normalized spacial score (nSPS) is 16.1. The zero-order chi connectivity index (χ0) is 58.8. The second-order valence-electron chi connectivity index (χ2n) is 20.0. The Labute approximate surface area is 484 Å². The number of benzene rings is 2. The minimum absolute atomic E-state index is 0. The first-order valence-electron chi connectivity index (χ1n) is 25.8. The average molecular weight is 1220 g/mol. The van der Waals surface area contributed by atoms with Crippen molar-refractivity contribution in [3.8, 4) is 11.5 Å². The largest absolute Gasteiger partial charge is 0.496 e. The third-order valence-corrected chi connectivity index (χ3v) is 13.9. The van der Waals surface area contributed by atoms with E-state index in [1.165, 1.54) is 14.2 Å². The molecule has 28 heteroatoms. The van der Waals surface area contributed by atoms with Crippen LogP contribution in [0.25, 0.3) is 21.8 Å². The first-order chi connectivity index (χ1) is 37.2. The van der Waals surface area contributed by atoms with E-state index >= 15 is 0 Å². The number of hydrogen-bond acceptors (Lipinski definition) is 15. The van der Waals surface area contributed by atoms with E-state index in [4.69, 9.17) is 34.2 Å². The molecule has 26 nitrogen and oxygen atoms in total. The van der Waals surface area contributed by atoms with E-state index in [1.807, 2.05) is 39.8 Å². The fraction of sp³-hybridized carbons (Fsp3) is 0.564. The molecule has 0 spiro atoms. The molecule has 0 saturated carbocycles. The van der Waals surface area contributed by atoms with Crippen molar-refractivity contribution in [1.29, 1.82) is 0 Å². The SMILES string of the molecule is C.C.C.CCO.COc1cccc2[nH]c(C(=O)C[C@@H](CC(C)C)C(=O)N[C@@H](C[C@@H]3CCNC3=O)C(=O)COP(=O)(O)O)cc12.COc1cccc2[nH]c(C(=O)C[C@@H](CC(C)C)C(=O)N[C@@H](C[C@@H]3CCNC3=O)C(=O)COP(=O)(O)O)cc12.O. The molecule has 6 rings (SSSR count). The Hall–Kier alpha value is -6.18. The number of aliphatic hydroxyl groups is 1. The highest BCUT2D eigenvalue weighted by molar-refractivity contribution is 7.46. The minimum atomic E-state index is -4.92. The van der Waals surface area contributed by atoms with Gasteiger partial charge >= 0.3 is 15.6 Å². The van der Waals surface area contributed by atoms with Gasteiger partial charge in [0.2, 0.25) is 23.6 Å². The average Bonchev–Trinajstić information content (AvgIpc) is 4.21. The first-order valence-corrected chi connectivity index (χ1v) is 28.8. The van der Waals surface area contributed by atoms with Crippen LogP contribution in [0.2, 0.25) is 0 Å². The summed E-state index contributed by atoms with van der Waals surface area (Å²) in [7, 11) is -6.78. The molecule has 2 fully saturated rings. The van der Waals surface area contributed by atoms with Crippen molar-refractivity contribution in [2.45, 2.75) is 120 Å². The summed E-state index contributed by atoms with van der Waals surface area (Å²) in [6.07, 6.45) is 1.24. The second-order valence-corrected chi connectivity index (χ2v) is 22.5. The molecule has 2 saturated heterocycles. The number of aromatic nitrogens is 2. The van der Waals surface area contributed by atoms with Crippen LogP contribution in [0.5, 0.6) is 11.5 Å². The zero-order valence-electron chi connectivity index (χ0n) is 45.8. The van der Waals surface area contributed by atoms with E-state index in [0.29, 0.717) is 72.7 Å². The number of ketones is 4. The van der Waals surface area contributed by atoms with Gasteiger partial charge < -0.3 is 70.9 Å². The number of carbonyl (C=O) groups excluding carboxylic acids is 8. The van der Waals surface area contributed by atoms with Crippen LogP contribution in [0.1, 0.15) is 129 Å². The quantitative estimate of drug-likeness (QED) is 0.0254. The molecule has 83 heavy (non-hydrogen) atoms. The third-order valence-electron chi connectivity index (χ3n) is 12.9. The van der Waals surface area contributed by atoms with Gasteiger partial charge in [0.25, 0.3) is 0 Å². The Bertz CT molecular complexity index is 2690. The number of rotatable bonds is 28. The fourth-order valence-electron chi connectivity index (χ4n) is 9.21. The van der Waals surface area contributed by atoms with Crippen LogP contribution in [0.15, 0.2) is 48.5 Å². The van der Waals surface area contributed by atoms with Crippen molar-refractivity contribution in [3.05, 3.63) is 59.9 Å². The van der Waals surface area contributed by atoms with E-state index in [1.54, 1.807) is 43.3 Å². The predicted molar refractivity (Wildman–Crippen MR) is 311 cm³/mol. The van der Waals surface area contributed by atoms with Crippen molar-refractivity contribution in [1.82, 2.24) is 31.2 Å². The van der Waals surface area contributed by atoms with E-state index in [-0.39, 0.29) is 95.3 Å². The molecule has 0 radical (unpaired) electrons. The van der Waals surface area contributed by atoms with Crippen LogP contribution in [-0.2, 0) is 46.9 Å². The monoisotopic (exact) mass is 1210 g/mol. The molecule has 2 aliphatic rings. The molecule has 2 aromatic carbocycles. The summed E-state index contributed by atoms with van der Waals surface area (Å²) in [6.45, 7) is 8.52. The highest BCUT2D eigenvalue weighted by Gasteiger charge is 2.36. The lowest BCUT2D eigenvalue weighted by Gasteiger charge is -2.24. The molecule has 4 heterocycles. The number of amides is 4. The van der Waals surface area contributed by atoms with Crippen molar-refractivity contribution in [2.75, 3.05) is 47.1 Å².